The molecular weight excluding hydrogens is 420 g/mol. The number of hydrogen-bond acceptors (Lipinski definition) is 7. The Balaban J connectivity index is 1.53. The molecule has 0 atom stereocenters. The van der Waals surface area contributed by atoms with Gasteiger partial charge in [0.25, 0.3) is 5.91 Å². The number of aromatic nitrogens is 4. The normalized spacial score (nSPS) is 14.1. The lowest BCUT2D eigenvalue weighted by Gasteiger charge is -2.35. The van der Waals surface area contributed by atoms with Gasteiger partial charge in [-0.2, -0.15) is 5.10 Å². The number of aryl methyl sites for hydroxylation is 3. The maximum atomic E-state index is 13.2. The molecule has 4 rings (SSSR count). The summed E-state index contributed by atoms with van der Waals surface area (Å²) in [5.74, 6) is 2.96. The highest BCUT2D eigenvalue weighted by molar-refractivity contribution is 5.95. The van der Waals surface area contributed by atoms with Crippen LogP contribution in [-0.2, 0) is 13.5 Å². The number of hydrogen-bond donors (Lipinski definition) is 0. The number of carbonyl (C=O) groups is 1. The molecule has 33 heavy (non-hydrogen) atoms. The number of benzene rings is 1. The van der Waals surface area contributed by atoms with Gasteiger partial charge in [0.2, 0.25) is 0 Å². The average Bonchev–Trinajstić information content (AvgIpc) is 3.12. The van der Waals surface area contributed by atoms with Crippen LogP contribution in [0.1, 0.15) is 42.6 Å². The van der Waals surface area contributed by atoms with E-state index in [4.69, 9.17) is 14.5 Å². The topological polar surface area (TPSA) is 85.6 Å². The van der Waals surface area contributed by atoms with Crippen molar-refractivity contribution in [2.24, 2.45) is 7.05 Å². The van der Waals surface area contributed by atoms with Gasteiger partial charge in [0.05, 0.1) is 18.9 Å². The number of amides is 1. The van der Waals surface area contributed by atoms with Gasteiger partial charge in [-0.15, -0.1) is 0 Å². The van der Waals surface area contributed by atoms with Crippen LogP contribution in [0, 0.1) is 6.92 Å². The molecule has 1 aromatic carbocycles. The van der Waals surface area contributed by atoms with Crippen molar-refractivity contribution in [1.29, 1.82) is 0 Å². The molecule has 3 aromatic rings. The number of ether oxygens (including phenoxy) is 2. The average molecular weight is 453 g/mol. The van der Waals surface area contributed by atoms with E-state index in [-0.39, 0.29) is 5.91 Å². The number of fused-ring (bicyclic) bond motifs is 1. The van der Waals surface area contributed by atoms with Gasteiger partial charge in [0, 0.05) is 45.2 Å². The first kappa shape index (κ1) is 22.8. The van der Waals surface area contributed by atoms with E-state index < -0.39 is 0 Å². The highest BCUT2D eigenvalue weighted by atomic mass is 16.5. The quantitative estimate of drug-likeness (QED) is 0.545. The second-order valence-corrected chi connectivity index (χ2v) is 8.03. The van der Waals surface area contributed by atoms with Crippen molar-refractivity contribution in [2.45, 2.75) is 34.1 Å². The van der Waals surface area contributed by atoms with Crippen molar-refractivity contribution in [3.8, 4) is 11.5 Å². The van der Waals surface area contributed by atoms with Gasteiger partial charge in [0.15, 0.2) is 17.3 Å². The number of piperazine rings is 1. The van der Waals surface area contributed by atoms with Crippen LogP contribution in [0.4, 0.5) is 5.82 Å². The third-order valence-corrected chi connectivity index (χ3v) is 5.85. The Hall–Kier alpha value is -3.36. The molecule has 0 spiro atoms. The first-order valence-electron chi connectivity index (χ1n) is 11.6. The van der Waals surface area contributed by atoms with Crippen molar-refractivity contribution in [1.82, 2.24) is 24.6 Å². The molecule has 1 saturated heterocycles. The molecule has 176 valence electrons. The molecule has 3 heterocycles. The second kappa shape index (κ2) is 9.64. The zero-order valence-corrected chi connectivity index (χ0v) is 20.1. The molecule has 2 aromatic heterocycles. The fraction of sp³-hybridized carbons (Fsp3) is 0.500. The molecule has 1 amide bonds. The highest BCUT2D eigenvalue weighted by Crippen LogP contribution is 2.30. The van der Waals surface area contributed by atoms with Gasteiger partial charge in [-0.25, -0.2) is 9.97 Å². The van der Waals surface area contributed by atoms with Crippen LogP contribution in [0.25, 0.3) is 11.0 Å². The van der Waals surface area contributed by atoms with E-state index in [1.165, 1.54) is 0 Å². The number of nitrogens with zero attached hydrogens (tertiary/aromatic N) is 6. The molecular formula is C24H32N6O3. The van der Waals surface area contributed by atoms with Gasteiger partial charge >= 0.3 is 0 Å². The van der Waals surface area contributed by atoms with Gasteiger partial charge in [-0.1, -0.05) is 6.92 Å². The third kappa shape index (κ3) is 4.44. The van der Waals surface area contributed by atoms with Crippen LogP contribution >= 0.6 is 0 Å². The van der Waals surface area contributed by atoms with E-state index in [2.05, 4.69) is 21.9 Å². The van der Waals surface area contributed by atoms with Crippen LogP contribution in [0.3, 0.4) is 0 Å². The molecule has 0 N–H and O–H groups in total. The molecule has 0 unspecified atom stereocenters. The Morgan fingerprint density at radius 3 is 2.36 bits per heavy atom. The molecule has 1 aliphatic rings. The van der Waals surface area contributed by atoms with Gasteiger partial charge in [-0.05, 0) is 39.0 Å². The zero-order chi connectivity index (χ0) is 23.5. The van der Waals surface area contributed by atoms with Crippen LogP contribution < -0.4 is 14.4 Å². The predicted molar refractivity (Wildman–Crippen MR) is 127 cm³/mol. The van der Waals surface area contributed by atoms with E-state index in [0.717, 1.165) is 34.8 Å². The summed E-state index contributed by atoms with van der Waals surface area (Å²) in [6, 6.07) is 5.40. The van der Waals surface area contributed by atoms with Crippen LogP contribution in [0.2, 0.25) is 0 Å². The summed E-state index contributed by atoms with van der Waals surface area (Å²) in [4.78, 5) is 26.8. The van der Waals surface area contributed by atoms with Crippen molar-refractivity contribution in [2.75, 3.05) is 44.3 Å². The van der Waals surface area contributed by atoms with E-state index in [9.17, 15) is 4.79 Å². The summed E-state index contributed by atoms with van der Waals surface area (Å²) in [6.45, 7) is 11.5. The van der Waals surface area contributed by atoms with Crippen molar-refractivity contribution < 1.29 is 14.3 Å². The Bertz CT molecular complexity index is 1150. The van der Waals surface area contributed by atoms with Crippen molar-refractivity contribution in [3.05, 3.63) is 35.3 Å². The van der Waals surface area contributed by atoms with E-state index >= 15 is 0 Å². The molecule has 1 fully saturated rings. The van der Waals surface area contributed by atoms with Crippen LogP contribution in [0.15, 0.2) is 18.2 Å². The summed E-state index contributed by atoms with van der Waals surface area (Å²) in [5.41, 5.74) is 3.35. The van der Waals surface area contributed by atoms with Crippen molar-refractivity contribution >= 4 is 22.8 Å². The number of anilines is 1. The first-order chi connectivity index (χ1) is 16.0. The van der Waals surface area contributed by atoms with Gasteiger partial charge in [0.1, 0.15) is 16.9 Å². The second-order valence-electron chi connectivity index (χ2n) is 8.03. The molecule has 0 saturated carbocycles. The Morgan fingerprint density at radius 1 is 1.00 bits per heavy atom. The zero-order valence-electron chi connectivity index (χ0n) is 20.1. The van der Waals surface area contributed by atoms with Crippen LogP contribution in [0.5, 0.6) is 11.5 Å². The summed E-state index contributed by atoms with van der Waals surface area (Å²) in [5, 5.41) is 4.55. The summed E-state index contributed by atoms with van der Waals surface area (Å²) < 4.78 is 13.2. The van der Waals surface area contributed by atoms with Crippen molar-refractivity contribution in [3.63, 3.8) is 0 Å². The largest absolute Gasteiger partial charge is 0.490 e. The van der Waals surface area contributed by atoms with E-state index in [1.807, 2.05) is 49.5 Å². The molecule has 0 aliphatic carbocycles. The van der Waals surface area contributed by atoms with E-state index in [1.54, 1.807) is 6.07 Å². The molecule has 9 heteroatoms. The Labute approximate surface area is 194 Å². The lowest BCUT2D eigenvalue weighted by Crippen LogP contribution is -2.49. The minimum atomic E-state index is -0.00268. The van der Waals surface area contributed by atoms with E-state index in [0.29, 0.717) is 56.5 Å². The first-order valence-corrected chi connectivity index (χ1v) is 11.6. The summed E-state index contributed by atoms with van der Waals surface area (Å²) >= 11 is 0. The molecule has 0 radical (unpaired) electrons. The van der Waals surface area contributed by atoms with Crippen LogP contribution in [-0.4, -0.2) is 69.9 Å². The number of carbonyl (C=O) groups excluding carboxylic acids is 1. The maximum absolute atomic E-state index is 13.2. The maximum Gasteiger partial charge on any atom is 0.254 e. The SMILES string of the molecule is CCOc1ccc(C(=O)N2CCN(c3nc(CC)nc4c(C)nn(C)c34)CC2)cc1OCC. The lowest BCUT2D eigenvalue weighted by molar-refractivity contribution is 0.0746. The lowest BCUT2D eigenvalue weighted by atomic mass is 10.1. The standard InChI is InChI=1S/C24H32N6O3/c1-6-20-25-21-16(4)27-28(5)22(21)23(26-20)29-11-13-30(14-12-29)24(31)17-9-10-18(32-7-2)19(15-17)33-8-3/h9-10,15H,6-8,11-14H2,1-5H3. The summed E-state index contributed by atoms with van der Waals surface area (Å²) in [7, 11) is 1.93. The number of rotatable bonds is 7. The highest BCUT2D eigenvalue weighted by Gasteiger charge is 2.26. The summed E-state index contributed by atoms with van der Waals surface area (Å²) in [6.07, 6.45) is 0.760. The van der Waals surface area contributed by atoms with Gasteiger partial charge < -0.3 is 19.3 Å². The molecule has 0 bridgehead atoms. The Kier molecular flexibility index (Phi) is 6.67. The minimum Gasteiger partial charge on any atom is -0.490 e. The Morgan fingerprint density at radius 2 is 1.70 bits per heavy atom. The smallest absolute Gasteiger partial charge is 0.254 e. The third-order valence-electron chi connectivity index (χ3n) is 5.85. The molecule has 9 nitrogen and oxygen atoms in total. The minimum absolute atomic E-state index is 0.00268. The molecule has 1 aliphatic heterocycles. The fourth-order valence-electron chi connectivity index (χ4n) is 4.23. The van der Waals surface area contributed by atoms with Gasteiger partial charge in [-0.3, -0.25) is 9.48 Å². The predicted octanol–water partition coefficient (Wildman–Crippen LogP) is 2.99. The monoisotopic (exact) mass is 452 g/mol. The fourth-order valence-corrected chi connectivity index (χ4v) is 4.23.